The van der Waals surface area contributed by atoms with Gasteiger partial charge in [-0.1, -0.05) is 32.8 Å². The fourth-order valence-corrected chi connectivity index (χ4v) is 3.87. The van der Waals surface area contributed by atoms with Crippen LogP contribution in [0.4, 0.5) is 10.1 Å². The third kappa shape index (κ3) is 6.30. The lowest BCUT2D eigenvalue weighted by Gasteiger charge is -2.30. The second-order valence-electron chi connectivity index (χ2n) is 7.23. The summed E-state index contributed by atoms with van der Waals surface area (Å²) in [7, 11) is -4.30. The molecule has 1 aromatic rings. The molecule has 0 heterocycles. The lowest BCUT2D eigenvalue weighted by Crippen LogP contribution is -2.29. The van der Waals surface area contributed by atoms with E-state index in [0.29, 0.717) is 18.8 Å². The average Bonchev–Trinajstić information content (AvgIpc) is 2.67. The van der Waals surface area contributed by atoms with Gasteiger partial charge in [0.2, 0.25) is 10.0 Å². The van der Waals surface area contributed by atoms with Crippen LogP contribution >= 0.6 is 0 Å². The molecule has 3 N–H and O–H groups in total. The van der Waals surface area contributed by atoms with E-state index in [1.54, 1.807) is 6.08 Å². The first-order chi connectivity index (χ1) is 14.2. The lowest BCUT2D eigenvalue weighted by molar-refractivity contribution is 0.0696. The Morgan fingerprint density at radius 2 is 1.90 bits per heavy atom. The summed E-state index contributed by atoms with van der Waals surface area (Å²) in [5.74, 6) is -1.71. The van der Waals surface area contributed by atoms with Crippen LogP contribution in [-0.2, 0) is 10.0 Å². The summed E-state index contributed by atoms with van der Waals surface area (Å²) in [6.45, 7) is 5.24. The Labute approximate surface area is 177 Å². The number of unbranched alkanes of at least 4 members (excludes halogenated alkanes) is 2. The second kappa shape index (κ2) is 10.6. The highest BCUT2D eigenvalue weighted by Gasteiger charge is 2.27. The third-order valence-corrected chi connectivity index (χ3v) is 5.68. The van der Waals surface area contributed by atoms with E-state index in [2.05, 4.69) is 0 Å². The van der Waals surface area contributed by atoms with E-state index in [1.165, 1.54) is 18.2 Å². The summed E-state index contributed by atoms with van der Waals surface area (Å²) >= 11 is 0. The number of carbonyl (C=O) groups is 1. The number of halogens is 1. The zero-order valence-corrected chi connectivity index (χ0v) is 18.1. The molecule has 30 heavy (non-hydrogen) atoms. The van der Waals surface area contributed by atoms with Crippen molar-refractivity contribution < 1.29 is 27.4 Å². The van der Waals surface area contributed by atoms with Crippen LogP contribution in [0.1, 0.15) is 56.3 Å². The number of aromatic carboxylic acids is 1. The average molecular weight is 441 g/mol. The number of sulfonamides is 1. The van der Waals surface area contributed by atoms with Crippen LogP contribution in [0.25, 0.3) is 0 Å². The van der Waals surface area contributed by atoms with E-state index in [1.807, 2.05) is 18.7 Å². The van der Waals surface area contributed by atoms with Gasteiger partial charge < -0.3 is 14.7 Å². The highest BCUT2D eigenvalue weighted by molar-refractivity contribution is 7.89. The van der Waals surface area contributed by atoms with Crippen molar-refractivity contribution in [1.29, 1.82) is 0 Å². The molecule has 1 aliphatic carbocycles. The van der Waals surface area contributed by atoms with Crippen molar-refractivity contribution in [2.75, 3.05) is 18.0 Å². The van der Waals surface area contributed by atoms with Gasteiger partial charge in [0.05, 0.1) is 11.3 Å². The molecule has 0 radical (unpaired) electrons. The number of carboxylic acids is 1. The summed E-state index contributed by atoms with van der Waals surface area (Å²) in [6, 6.07) is 2.39. The molecule has 9 heteroatoms. The first kappa shape index (κ1) is 23.9. The number of anilines is 1. The molecule has 0 saturated heterocycles. The van der Waals surface area contributed by atoms with Crippen LogP contribution in [0, 0.1) is 0 Å². The number of hydrogen-bond acceptors (Lipinski definition) is 5. The predicted molar refractivity (Wildman–Crippen MR) is 114 cm³/mol. The molecule has 2 rings (SSSR count). The molecule has 1 aliphatic rings. The zero-order valence-electron chi connectivity index (χ0n) is 17.3. The molecule has 1 aromatic carbocycles. The maximum absolute atomic E-state index is 13.7. The maximum atomic E-state index is 13.7. The van der Waals surface area contributed by atoms with Crippen molar-refractivity contribution >= 4 is 21.7 Å². The van der Waals surface area contributed by atoms with Gasteiger partial charge in [0.25, 0.3) is 0 Å². The molecule has 0 bridgehead atoms. The molecular formula is C21H29FN2O5S. The first-order valence-electron chi connectivity index (χ1n) is 10.1. The van der Waals surface area contributed by atoms with Gasteiger partial charge in [-0.25, -0.2) is 22.7 Å². The van der Waals surface area contributed by atoms with Crippen LogP contribution in [0.5, 0.6) is 5.75 Å². The van der Waals surface area contributed by atoms with Crippen LogP contribution < -0.4 is 14.8 Å². The van der Waals surface area contributed by atoms with E-state index >= 15 is 0 Å². The highest BCUT2D eigenvalue weighted by Crippen LogP contribution is 2.38. The Hall–Kier alpha value is -2.39. The molecule has 166 valence electrons. The first-order valence-corrected chi connectivity index (χ1v) is 11.6. The quantitative estimate of drug-likeness (QED) is 0.538. The summed E-state index contributed by atoms with van der Waals surface area (Å²) in [6.07, 6.45) is 7.10. The minimum absolute atomic E-state index is 0.0425. The number of allylic oxidation sites excluding steroid dienone is 2. The van der Waals surface area contributed by atoms with Gasteiger partial charge in [-0.2, -0.15) is 0 Å². The SMILES string of the molecule is CCCCN(CCCC)c1cc(C(=O)O)cc(S(N)(=O)=O)c1OC1C=CC=C(F)C1. The molecule has 0 fully saturated rings. The van der Waals surface area contributed by atoms with E-state index in [-0.39, 0.29) is 17.7 Å². The van der Waals surface area contributed by atoms with Crippen molar-refractivity contribution in [2.24, 2.45) is 5.14 Å². The molecule has 0 saturated carbocycles. The minimum atomic E-state index is -4.30. The summed E-state index contributed by atoms with van der Waals surface area (Å²) in [4.78, 5) is 13.2. The molecule has 0 amide bonds. The smallest absolute Gasteiger partial charge is 0.335 e. The van der Waals surface area contributed by atoms with Gasteiger partial charge in [-0.15, -0.1) is 0 Å². The second-order valence-corrected chi connectivity index (χ2v) is 8.76. The fourth-order valence-electron chi connectivity index (χ4n) is 3.17. The predicted octanol–water partition coefficient (Wildman–Crippen LogP) is 4.00. The number of ether oxygens (including phenoxy) is 1. The molecular weight excluding hydrogens is 411 g/mol. The van der Waals surface area contributed by atoms with Crippen LogP contribution in [0.3, 0.4) is 0 Å². The van der Waals surface area contributed by atoms with Crippen molar-refractivity contribution in [3.8, 4) is 5.75 Å². The Morgan fingerprint density at radius 1 is 1.27 bits per heavy atom. The Kier molecular flexibility index (Phi) is 8.43. The van der Waals surface area contributed by atoms with Gasteiger partial charge in [0, 0.05) is 19.5 Å². The van der Waals surface area contributed by atoms with Gasteiger partial charge in [0.15, 0.2) is 5.75 Å². The van der Waals surface area contributed by atoms with Crippen LogP contribution in [0.2, 0.25) is 0 Å². The number of nitrogens with zero attached hydrogens (tertiary/aromatic N) is 1. The summed E-state index contributed by atoms with van der Waals surface area (Å²) < 4.78 is 44.3. The lowest BCUT2D eigenvalue weighted by atomic mass is 10.1. The van der Waals surface area contributed by atoms with E-state index in [4.69, 9.17) is 9.88 Å². The zero-order chi connectivity index (χ0) is 22.3. The third-order valence-electron chi connectivity index (χ3n) is 4.76. The van der Waals surface area contributed by atoms with Crippen LogP contribution in [0.15, 0.2) is 41.1 Å². The molecule has 0 aliphatic heterocycles. The van der Waals surface area contributed by atoms with Crippen molar-refractivity contribution in [3.05, 3.63) is 41.8 Å². The number of nitrogens with two attached hydrogens (primary N) is 1. The standard InChI is InChI=1S/C21H29FN2O5S/c1-3-5-10-24(11-6-4-2)18-12-15(21(25)26)13-19(30(23,27)28)20(18)29-17-9-7-8-16(22)14-17/h7-9,12-13,17H,3-6,10-11,14H2,1-2H3,(H,25,26)(H2,23,27,28). The topological polar surface area (TPSA) is 110 Å². The van der Waals surface area contributed by atoms with Gasteiger partial charge in [-0.3, -0.25) is 0 Å². The molecule has 7 nitrogen and oxygen atoms in total. The van der Waals surface area contributed by atoms with Gasteiger partial charge >= 0.3 is 5.97 Å². The molecule has 1 unspecified atom stereocenters. The Balaban J connectivity index is 2.64. The summed E-state index contributed by atoms with van der Waals surface area (Å²) in [5, 5.41) is 14.9. The molecule has 0 spiro atoms. The number of hydrogen-bond donors (Lipinski definition) is 2. The number of carboxylic acid groups (broad SMARTS) is 1. The molecule has 0 aromatic heterocycles. The van der Waals surface area contributed by atoms with Crippen molar-refractivity contribution in [2.45, 2.75) is 57.0 Å². The Bertz CT molecular complexity index is 920. The summed E-state index contributed by atoms with van der Waals surface area (Å²) in [5.41, 5.74) is 0.133. The van der Waals surface area contributed by atoms with E-state index < -0.39 is 32.8 Å². The Morgan fingerprint density at radius 3 is 2.40 bits per heavy atom. The number of benzene rings is 1. The number of rotatable bonds is 11. The monoisotopic (exact) mass is 440 g/mol. The van der Waals surface area contributed by atoms with Crippen molar-refractivity contribution in [1.82, 2.24) is 0 Å². The fraction of sp³-hybridized carbons (Fsp3) is 0.476. The highest BCUT2D eigenvalue weighted by atomic mass is 32.2. The minimum Gasteiger partial charge on any atom is -0.482 e. The number of primary sulfonamides is 1. The van der Waals surface area contributed by atoms with E-state index in [0.717, 1.165) is 31.7 Å². The molecule has 1 atom stereocenters. The van der Waals surface area contributed by atoms with Crippen LogP contribution in [-0.4, -0.2) is 38.7 Å². The van der Waals surface area contributed by atoms with Gasteiger partial charge in [0.1, 0.15) is 16.8 Å². The van der Waals surface area contributed by atoms with Gasteiger partial charge in [-0.05, 0) is 37.1 Å². The normalized spacial score (nSPS) is 16.3. The van der Waals surface area contributed by atoms with Crippen molar-refractivity contribution in [3.63, 3.8) is 0 Å². The van der Waals surface area contributed by atoms with E-state index in [9.17, 15) is 22.7 Å². The maximum Gasteiger partial charge on any atom is 0.335 e. The largest absolute Gasteiger partial charge is 0.482 e.